The first kappa shape index (κ1) is 14.6. The SMILES string of the molecule is CNC(COC1CCCCCC1)c1cc2ccccc2o1. The molecule has 1 fully saturated rings. The fourth-order valence-corrected chi connectivity index (χ4v) is 3.12. The molecule has 1 heterocycles. The average Bonchev–Trinajstić information content (AvgIpc) is 2.76. The van der Waals surface area contributed by atoms with E-state index in [-0.39, 0.29) is 6.04 Å². The highest BCUT2D eigenvalue weighted by Crippen LogP contribution is 2.25. The Morgan fingerprint density at radius 1 is 1.19 bits per heavy atom. The topological polar surface area (TPSA) is 34.4 Å². The highest BCUT2D eigenvalue weighted by molar-refractivity contribution is 5.77. The predicted molar refractivity (Wildman–Crippen MR) is 85.5 cm³/mol. The third-order valence-electron chi connectivity index (χ3n) is 4.44. The van der Waals surface area contributed by atoms with E-state index >= 15 is 0 Å². The fraction of sp³-hybridized carbons (Fsp3) is 0.556. The number of ether oxygens (including phenoxy) is 1. The molecule has 0 radical (unpaired) electrons. The summed E-state index contributed by atoms with van der Waals surface area (Å²) >= 11 is 0. The summed E-state index contributed by atoms with van der Waals surface area (Å²) in [7, 11) is 1.97. The maximum absolute atomic E-state index is 6.14. The van der Waals surface area contributed by atoms with Crippen molar-refractivity contribution >= 4 is 11.0 Å². The molecular formula is C18H25NO2. The largest absolute Gasteiger partial charge is 0.459 e. The van der Waals surface area contributed by atoms with E-state index < -0.39 is 0 Å². The van der Waals surface area contributed by atoms with Crippen LogP contribution >= 0.6 is 0 Å². The molecule has 0 amide bonds. The maximum atomic E-state index is 6.14. The van der Waals surface area contributed by atoms with Gasteiger partial charge in [0.05, 0.1) is 18.8 Å². The molecule has 1 atom stereocenters. The lowest BCUT2D eigenvalue weighted by Gasteiger charge is -2.19. The average molecular weight is 287 g/mol. The van der Waals surface area contributed by atoms with Gasteiger partial charge in [0, 0.05) is 5.39 Å². The smallest absolute Gasteiger partial charge is 0.134 e. The number of hydrogen-bond acceptors (Lipinski definition) is 3. The second-order valence-electron chi connectivity index (χ2n) is 5.97. The minimum absolute atomic E-state index is 0.126. The van der Waals surface area contributed by atoms with E-state index in [4.69, 9.17) is 9.15 Å². The van der Waals surface area contributed by atoms with Crippen LogP contribution in [-0.4, -0.2) is 19.8 Å². The highest BCUT2D eigenvalue weighted by atomic mass is 16.5. The van der Waals surface area contributed by atoms with Crippen LogP contribution in [-0.2, 0) is 4.74 Å². The molecule has 3 nitrogen and oxygen atoms in total. The molecule has 1 aromatic carbocycles. The maximum Gasteiger partial charge on any atom is 0.134 e. The molecule has 1 aliphatic rings. The molecule has 2 aromatic rings. The summed E-state index contributed by atoms with van der Waals surface area (Å²) in [6.07, 6.45) is 8.16. The standard InChI is InChI=1S/C18H25NO2/c1-19-16(13-20-15-9-4-2-3-5-10-15)18-12-14-8-6-7-11-17(14)21-18/h6-8,11-12,15-16,19H,2-5,9-10,13H2,1H3. The number of fused-ring (bicyclic) bond motifs is 1. The van der Waals surface area contributed by atoms with E-state index in [0.29, 0.717) is 12.7 Å². The lowest BCUT2D eigenvalue weighted by molar-refractivity contribution is 0.0270. The lowest BCUT2D eigenvalue weighted by Crippen LogP contribution is -2.24. The normalized spacial score (nSPS) is 18.7. The second-order valence-corrected chi connectivity index (χ2v) is 5.97. The molecule has 1 aromatic heterocycles. The number of furan rings is 1. The monoisotopic (exact) mass is 287 g/mol. The molecule has 1 aliphatic carbocycles. The summed E-state index contributed by atoms with van der Waals surface area (Å²) in [6, 6.07) is 10.4. The third kappa shape index (κ3) is 3.66. The Bertz CT molecular complexity index is 522. The van der Waals surface area contributed by atoms with E-state index in [1.807, 2.05) is 25.2 Å². The summed E-state index contributed by atoms with van der Waals surface area (Å²) in [4.78, 5) is 0. The Kier molecular flexibility index (Phi) is 4.94. The van der Waals surface area contributed by atoms with Crippen LogP contribution in [0.1, 0.15) is 50.3 Å². The number of nitrogens with one attached hydrogen (secondary N) is 1. The van der Waals surface area contributed by atoms with Gasteiger partial charge >= 0.3 is 0 Å². The minimum atomic E-state index is 0.126. The molecule has 114 valence electrons. The van der Waals surface area contributed by atoms with Crippen molar-refractivity contribution in [2.75, 3.05) is 13.7 Å². The second kappa shape index (κ2) is 7.10. The van der Waals surface area contributed by atoms with Gasteiger partial charge in [0.25, 0.3) is 0 Å². The summed E-state index contributed by atoms with van der Waals surface area (Å²) in [5.41, 5.74) is 0.946. The van der Waals surface area contributed by atoms with Gasteiger partial charge in [-0.2, -0.15) is 0 Å². The zero-order valence-electron chi connectivity index (χ0n) is 12.8. The van der Waals surface area contributed by atoms with Gasteiger partial charge in [-0.3, -0.25) is 0 Å². The van der Waals surface area contributed by atoms with Crippen molar-refractivity contribution < 1.29 is 9.15 Å². The van der Waals surface area contributed by atoms with Gasteiger partial charge in [0.1, 0.15) is 11.3 Å². The number of para-hydroxylation sites is 1. The molecule has 0 bridgehead atoms. The van der Waals surface area contributed by atoms with Crippen LogP contribution in [0.2, 0.25) is 0 Å². The molecule has 1 unspecified atom stereocenters. The van der Waals surface area contributed by atoms with Crippen LogP contribution in [0.3, 0.4) is 0 Å². The van der Waals surface area contributed by atoms with Crippen LogP contribution in [0.25, 0.3) is 11.0 Å². The molecule has 3 heteroatoms. The number of hydrogen-bond donors (Lipinski definition) is 1. The molecular weight excluding hydrogens is 262 g/mol. The van der Waals surface area contributed by atoms with Gasteiger partial charge < -0.3 is 14.5 Å². The van der Waals surface area contributed by atoms with Crippen molar-refractivity contribution in [3.05, 3.63) is 36.1 Å². The van der Waals surface area contributed by atoms with Gasteiger partial charge in [-0.1, -0.05) is 43.9 Å². The minimum Gasteiger partial charge on any atom is -0.459 e. The van der Waals surface area contributed by atoms with Gasteiger partial charge in [-0.15, -0.1) is 0 Å². The van der Waals surface area contributed by atoms with E-state index in [9.17, 15) is 0 Å². The summed E-state index contributed by atoms with van der Waals surface area (Å²) in [6.45, 7) is 0.682. The first-order valence-electron chi connectivity index (χ1n) is 8.14. The first-order chi connectivity index (χ1) is 10.4. The molecule has 3 rings (SSSR count). The van der Waals surface area contributed by atoms with Gasteiger partial charge in [-0.05, 0) is 32.0 Å². The van der Waals surface area contributed by atoms with Crippen molar-refractivity contribution in [1.29, 1.82) is 0 Å². The van der Waals surface area contributed by atoms with E-state index in [1.165, 1.54) is 38.5 Å². The molecule has 0 aliphatic heterocycles. The molecule has 1 N–H and O–H groups in total. The van der Waals surface area contributed by atoms with Gasteiger partial charge in [0.15, 0.2) is 0 Å². The number of rotatable bonds is 5. The molecule has 0 saturated heterocycles. The van der Waals surface area contributed by atoms with Crippen LogP contribution in [0.4, 0.5) is 0 Å². The van der Waals surface area contributed by atoms with Crippen LogP contribution < -0.4 is 5.32 Å². The van der Waals surface area contributed by atoms with Crippen molar-refractivity contribution in [3.63, 3.8) is 0 Å². The number of likely N-dealkylation sites (N-methyl/N-ethyl adjacent to an activating group) is 1. The Balaban J connectivity index is 1.64. The number of benzene rings is 1. The van der Waals surface area contributed by atoms with Crippen molar-refractivity contribution in [2.45, 2.75) is 50.7 Å². The Hall–Kier alpha value is -1.32. The van der Waals surface area contributed by atoms with E-state index in [1.54, 1.807) is 0 Å². The highest BCUT2D eigenvalue weighted by Gasteiger charge is 2.18. The van der Waals surface area contributed by atoms with E-state index in [0.717, 1.165) is 16.7 Å². The van der Waals surface area contributed by atoms with Crippen LogP contribution in [0.5, 0.6) is 0 Å². The molecule has 0 spiro atoms. The molecule has 21 heavy (non-hydrogen) atoms. The molecule has 1 saturated carbocycles. The van der Waals surface area contributed by atoms with Crippen LogP contribution in [0, 0.1) is 0 Å². The van der Waals surface area contributed by atoms with Gasteiger partial charge in [-0.25, -0.2) is 0 Å². The predicted octanol–water partition coefficient (Wildman–Crippen LogP) is 4.43. The first-order valence-corrected chi connectivity index (χ1v) is 8.14. The third-order valence-corrected chi connectivity index (χ3v) is 4.44. The summed E-state index contributed by atoms with van der Waals surface area (Å²) in [5, 5.41) is 4.47. The van der Waals surface area contributed by atoms with Crippen molar-refractivity contribution in [3.8, 4) is 0 Å². The lowest BCUT2D eigenvalue weighted by atomic mass is 10.1. The summed E-state index contributed by atoms with van der Waals surface area (Å²) < 4.78 is 12.1. The Labute approximate surface area is 126 Å². The zero-order chi connectivity index (χ0) is 14.5. The quantitative estimate of drug-likeness (QED) is 0.826. The fourth-order valence-electron chi connectivity index (χ4n) is 3.12. The zero-order valence-corrected chi connectivity index (χ0v) is 12.8. The van der Waals surface area contributed by atoms with E-state index in [2.05, 4.69) is 17.4 Å². The Morgan fingerprint density at radius 2 is 1.95 bits per heavy atom. The summed E-state index contributed by atoms with van der Waals surface area (Å²) in [5.74, 6) is 0.965. The Morgan fingerprint density at radius 3 is 2.67 bits per heavy atom. The van der Waals surface area contributed by atoms with Gasteiger partial charge in [0.2, 0.25) is 0 Å². The van der Waals surface area contributed by atoms with Crippen molar-refractivity contribution in [1.82, 2.24) is 5.32 Å². The van der Waals surface area contributed by atoms with Crippen LogP contribution in [0.15, 0.2) is 34.7 Å². The van der Waals surface area contributed by atoms with Crippen molar-refractivity contribution in [2.24, 2.45) is 0 Å².